The minimum absolute atomic E-state index is 0. The van der Waals surface area contributed by atoms with Gasteiger partial charge in [0.05, 0.1) is 0 Å². The number of fused-ring (bicyclic) bond motifs is 8. The van der Waals surface area contributed by atoms with E-state index in [9.17, 15) is 0 Å². The summed E-state index contributed by atoms with van der Waals surface area (Å²) in [6, 6.07) is 34.3. The fourth-order valence-corrected chi connectivity index (χ4v) is 5.40. The van der Waals surface area contributed by atoms with Crippen molar-refractivity contribution in [1.29, 1.82) is 0 Å². The van der Waals surface area contributed by atoms with E-state index in [1.165, 1.54) is 50.3 Å². The summed E-state index contributed by atoms with van der Waals surface area (Å²) in [5, 5.41) is 0. The number of nitrogens with zero attached hydrogens (tertiary/aromatic N) is 1. The van der Waals surface area contributed by atoms with E-state index in [0.717, 1.165) is 10.9 Å². The van der Waals surface area contributed by atoms with Crippen molar-refractivity contribution in [3.05, 3.63) is 129 Å². The third-order valence-electron chi connectivity index (χ3n) is 6.47. The Morgan fingerprint density at radius 3 is 2.51 bits per heavy atom. The Labute approximate surface area is 241 Å². The molecule has 0 saturated carbocycles. The predicted molar refractivity (Wildman–Crippen MR) is 152 cm³/mol. The number of halogens is 3. The Morgan fingerprint density at radius 2 is 1.69 bits per heavy atom. The number of hydrogen-bond donors (Lipinski definition) is 0. The molecule has 1 atom stereocenters. The van der Waals surface area contributed by atoms with Gasteiger partial charge < -0.3 is 18.4 Å². The number of allylic oxidation sites excluding steroid dienone is 1. The zero-order chi connectivity index (χ0) is 23.7. The zero-order valence-electron chi connectivity index (χ0n) is 18.9. The normalized spacial score (nSPS) is 14.9. The molecule has 0 spiro atoms. The van der Waals surface area contributed by atoms with Gasteiger partial charge in [0.1, 0.15) is 0 Å². The first-order chi connectivity index (χ1) is 16.6. The Bertz CT molecular complexity index is 1350. The van der Waals surface area contributed by atoms with Gasteiger partial charge >= 0.3 is 37.9 Å². The van der Waals surface area contributed by atoms with E-state index in [0.29, 0.717) is 5.92 Å². The summed E-state index contributed by atoms with van der Waals surface area (Å²) < 4.78 is 1.09. The van der Waals surface area contributed by atoms with E-state index in [1.54, 1.807) is 0 Å². The predicted octanol–water partition coefficient (Wildman–Crippen LogP) is 8.35. The van der Waals surface area contributed by atoms with Gasteiger partial charge in [-0.3, -0.25) is 0 Å². The summed E-state index contributed by atoms with van der Waals surface area (Å²) in [7, 11) is 12.0. The molecule has 0 fully saturated rings. The Hall–Kier alpha value is -1.29. The van der Waals surface area contributed by atoms with E-state index in [2.05, 4.69) is 113 Å². The number of para-hydroxylation sites is 1. The number of benzene rings is 4. The summed E-state index contributed by atoms with van der Waals surface area (Å²) >= 11 is 2.69. The Morgan fingerprint density at radius 1 is 0.971 bits per heavy atom. The van der Waals surface area contributed by atoms with E-state index in [-0.39, 0.29) is 13.5 Å². The van der Waals surface area contributed by atoms with Gasteiger partial charge in [0, 0.05) is 24.4 Å². The molecule has 35 heavy (non-hydrogen) atoms. The minimum Gasteiger partial charge on any atom is -0.813 e. The summed E-state index contributed by atoms with van der Waals surface area (Å²) in [5.41, 5.74) is 12.2. The molecule has 1 nitrogen and oxygen atoms in total. The first-order valence-corrected chi connectivity index (χ1v) is 18.0. The van der Waals surface area contributed by atoms with Gasteiger partial charge in [-0.15, -0.1) is 32.6 Å². The summed E-state index contributed by atoms with van der Waals surface area (Å²) in [6.07, 6.45) is 3.33. The molecule has 0 amide bonds. The monoisotopic (exact) mass is 654 g/mol. The first-order valence-electron chi connectivity index (χ1n) is 10.9. The molecule has 6 heteroatoms. The average molecular weight is 658 g/mol. The third kappa shape index (κ3) is 5.24. The standard InChI is InChI=1S/C16H11BrN.C13H9.2ClH.H2S.Zr/c1-18-14-5-3-2-4-13(14)16-12-7-6-11(17)8-10(12)9-15(16)18;1-3-7-12-10(5-1)9-11-6-2-4-8-13(11)12;;;;/h2-6,8-9,16H,1H3;1-5,7-8H,9H2;2*1H;1H2;/q2*-1;;;;+2/p-3. The smallest absolute Gasteiger partial charge is 0.0253 e. The third-order valence-corrected chi connectivity index (χ3v) is 6.93. The molecule has 4 aromatic carbocycles. The molecule has 2 aliphatic carbocycles. The van der Waals surface area contributed by atoms with Crippen LogP contribution in [0.3, 0.4) is 0 Å². The molecular formula is C29H21BrCl2NSZr-3. The molecule has 0 radical (unpaired) electrons. The second kappa shape index (κ2) is 11.8. The molecule has 0 saturated heterocycles. The van der Waals surface area contributed by atoms with Crippen LogP contribution in [0, 0.1) is 12.1 Å². The molecule has 4 aromatic rings. The van der Waals surface area contributed by atoms with Crippen molar-refractivity contribution >= 4 is 58.2 Å². The number of rotatable bonds is 0. The summed E-state index contributed by atoms with van der Waals surface area (Å²) in [4.78, 5) is 2.29. The largest absolute Gasteiger partial charge is 0.813 e. The minimum atomic E-state index is -0.826. The average Bonchev–Trinajstić information content (AvgIpc) is 3.50. The van der Waals surface area contributed by atoms with Crippen molar-refractivity contribution in [3.8, 4) is 11.1 Å². The molecule has 1 unspecified atom stereocenters. The number of anilines is 1. The van der Waals surface area contributed by atoms with Gasteiger partial charge in [-0.2, -0.15) is 48.0 Å². The quantitative estimate of drug-likeness (QED) is 0.0936. The van der Waals surface area contributed by atoms with Crippen LogP contribution in [-0.4, -0.2) is 7.05 Å². The zero-order valence-corrected chi connectivity index (χ0v) is 25.3. The SMILES string of the molecule is CN1C2=Cc3cc(Br)c[c-]c3C2c2ccccc21.[Cl][Zr][Cl].[SH-].[c-]1cccc2c1Cc1ccccc1-2. The van der Waals surface area contributed by atoms with Crippen LogP contribution >= 0.6 is 33.0 Å². The molecule has 7 rings (SSSR count). The van der Waals surface area contributed by atoms with Crippen molar-refractivity contribution in [3.63, 3.8) is 0 Å². The second-order valence-corrected chi connectivity index (χ2v) is 12.9. The van der Waals surface area contributed by atoms with E-state index in [1.807, 2.05) is 12.1 Å². The van der Waals surface area contributed by atoms with Crippen LogP contribution in [0.4, 0.5) is 5.69 Å². The van der Waals surface area contributed by atoms with E-state index in [4.69, 9.17) is 17.0 Å². The number of thiol groups is 1. The van der Waals surface area contributed by atoms with Crippen LogP contribution in [-0.2, 0) is 40.8 Å². The fourth-order valence-electron chi connectivity index (χ4n) is 5.04. The number of likely N-dealkylation sites (N-methyl/N-ethyl adjacent to an activating group) is 1. The van der Waals surface area contributed by atoms with Gasteiger partial charge in [0.15, 0.2) is 0 Å². The molecule has 176 valence electrons. The molecule has 0 aromatic heterocycles. The van der Waals surface area contributed by atoms with Crippen molar-refractivity contribution in [1.82, 2.24) is 0 Å². The van der Waals surface area contributed by atoms with Gasteiger partial charge in [-0.25, -0.2) is 0 Å². The topological polar surface area (TPSA) is 3.24 Å². The van der Waals surface area contributed by atoms with Crippen LogP contribution < -0.4 is 4.90 Å². The van der Waals surface area contributed by atoms with Crippen LogP contribution in [0.5, 0.6) is 0 Å². The maximum Gasteiger partial charge on any atom is -0.0253 e. The molecule has 0 bridgehead atoms. The molecule has 0 N–H and O–H groups in total. The first kappa shape index (κ1) is 26.8. The van der Waals surface area contributed by atoms with Crippen LogP contribution in [0.15, 0.2) is 89.0 Å². The van der Waals surface area contributed by atoms with Crippen molar-refractivity contribution in [2.45, 2.75) is 12.3 Å². The number of hydrogen-bond acceptors (Lipinski definition) is 2. The summed E-state index contributed by atoms with van der Waals surface area (Å²) in [6.45, 7) is 0. The van der Waals surface area contributed by atoms with E-state index >= 15 is 0 Å². The van der Waals surface area contributed by atoms with Crippen molar-refractivity contribution in [2.75, 3.05) is 11.9 Å². The summed E-state index contributed by atoms with van der Waals surface area (Å²) in [5.74, 6) is 0.370. The van der Waals surface area contributed by atoms with Gasteiger partial charge in [0.25, 0.3) is 0 Å². The Balaban J connectivity index is 0.000000150. The van der Waals surface area contributed by atoms with Gasteiger partial charge in [-0.05, 0) is 18.1 Å². The van der Waals surface area contributed by atoms with Crippen LogP contribution in [0.1, 0.15) is 33.7 Å². The van der Waals surface area contributed by atoms with E-state index < -0.39 is 20.8 Å². The van der Waals surface area contributed by atoms with Crippen molar-refractivity contribution in [2.24, 2.45) is 0 Å². The molecular weight excluding hydrogens is 636 g/mol. The maximum atomic E-state index is 4.93. The second-order valence-electron chi connectivity index (χ2n) is 8.27. The van der Waals surface area contributed by atoms with Gasteiger partial charge in [0.2, 0.25) is 0 Å². The Kier molecular flexibility index (Phi) is 9.06. The van der Waals surface area contributed by atoms with Crippen molar-refractivity contribution < 1.29 is 20.8 Å². The molecule has 1 aliphatic heterocycles. The molecule has 1 heterocycles. The van der Waals surface area contributed by atoms with Crippen LogP contribution in [0.2, 0.25) is 0 Å². The fraction of sp³-hybridized carbons (Fsp3) is 0.103. The van der Waals surface area contributed by atoms with Gasteiger partial charge in [-0.1, -0.05) is 64.1 Å². The van der Waals surface area contributed by atoms with Crippen LogP contribution in [0.25, 0.3) is 17.2 Å². The maximum absolute atomic E-state index is 4.93. The molecule has 3 aliphatic rings.